The molecule has 0 saturated carbocycles. The molecule has 1 aromatic rings. The van der Waals surface area contributed by atoms with E-state index in [-0.39, 0.29) is 6.42 Å². The summed E-state index contributed by atoms with van der Waals surface area (Å²) in [6.07, 6.45) is -7.58. The van der Waals surface area contributed by atoms with Crippen molar-refractivity contribution < 1.29 is 39.5 Å². The Labute approximate surface area is 150 Å². The number of carbonyl (C=O) groups is 2. The molecule has 0 aromatic heterocycles. The van der Waals surface area contributed by atoms with Gasteiger partial charge in [0, 0.05) is 13.3 Å². The summed E-state index contributed by atoms with van der Waals surface area (Å²) in [5.74, 6) is -1.17. The lowest BCUT2D eigenvalue weighted by molar-refractivity contribution is -0.287. The molecule has 1 aliphatic heterocycles. The summed E-state index contributed by atoms with van der Waals surface area (Å²) in [5, 5.41) is 40.9. The van der Waals surface area contributed by atoms with Gasteiger partial charge in [0.2, 0.25) is 5.91 Å². The number of rotatable bonds is 6. The van der Waals surface area contributed by atoms with Crippen molar-refractivity contribution in [1.82, 2.24) is 5.32 Å². The lowest BCUT2D eigenvalue weighted by atomic mass is 9.99. The fourth-order valence-corrected chi connectivity index (χ4v) is 2.62. The van der Waals surface area contributed by atoms with Gasteiger partial charge in [0.05, 0.1) is 0 Å². The molecule has 26 heavy (non-hydrogen) atoms. The number of benzene rings is 1. The Balaban J connectivity index is 1.97. The van der Waals surface area contributed by atoms with E-state index in [0.717, 1.165) is 5.56 Å². The van der Waals surface area contributed by atoms with E-state index in [0.29, 0.717) is 0 Å². The highest BCUT2D eigenvalue weighted by Gasteiger charge is 2.43. The largest absolute Gasteiger partial charge is 0.461 e. The fourth-order valence-electron chi connectivity index (χ4n) is 2.62. The van der Waals surface area contributed by atoms with Gasteiger partial charge in [-0.15, -0.1) is 0 Å². The van der Waals surface area contributed by atoms with Crippen LogP contribution < -0.4 is 5.32 Å². The van der Waals surface area contributed by atoms with E-state index in [2.05, 4.69) is 5.32 Å². The Morgan fingerprint density at radius 1 is 1.12 bits per heavy atom. The maximum atomic E-state index is 12.3. The highest BCUT2D eigenvalue weighted by Crippen LogP contribution is 2.20. The molecule has 5 N–H and O–H groups in total. The molecule has 1 unspecified atom stereocenters. The summed E-state index contributed by atoms with van der Waals surface area (Å²) >= 11 is 0. The highest BCUT2D eigenvalue weighted by atomic mass is 16.6. The van der Waals surface area contributed by atoms with Gasteiger partial charge in [-0.2, -0.15) is 0 Å². The number of nitrogens with one attached hydrogen (secondary N) is 1. The summed E-state index contributed by atoms with van der Waals surface area (Å²) in [6, 6.07) is 8.06. The molecule has 1 saturated heterocycles. The minimum atomic E-state index is -1.72. The van der Waals surface area contributed by atoms with E-state index >= 15 is 0 Å². The number of hydrogen-bond donors (Lipinski definition) is 5. The topological polar surface area (TPSA) is 146 Å². The SMILES string of the molecule is CC(=O)N[C@@H](Cc1ccccc1)C(=O)OC[C@H]1OC(O)[C@@H](O)[C@@H](O)[C@@H]1O. The van der Waals surface area contributed by atoms with Gasteiger partial charge in [-0.3, -0.25) is 4.79 Å². The molecule has 1 heterocycles. The predicted octanol–water partition coefficient (Wildman–Crippen LogP) is -1.92. The Morgan fingerprint density at radius 3 is 2.38 bits per heavy atom. The molecule has 1 aromatic carbocycles. The summed E-state index contributed by atoms with van der Waals surface area (Å²) in [4.78, 5) is 23.7. The van der Waals surface area contributed by atoms with Crippen LogP contribution in [0.2, 0.25) is 0 Å². The van der Waals surface area contributed by atoms with E-state index in [1.54, 1.807) is 24.3 Å². The lowest BCUT2D eigenvalue weighted by Gasteiger charge is -2.38. The fraction of sp³-hybridized carbons (Fsp3) is 0.529. The van der Waals surface area contributed by atoms with Crippen LogP contribution in [-0.4, -0.2) is 75.7 Å². The van der Waals surface area contributed by atoms with Crippen molar-refractivity contribution in [3.63, 3.8) is 0 Å². The first kappa shape index (κ1) is 20.3. The van der Waals surface area contributed by atoms with E-state index in [4.69, 9.17) is 9.47 Å². The molecule has 1 amide bonds. The summed E-state index contributed by atoms with van der Waals surface area (Å²) in [6.45, 7) is 0.805. The van der Waals surface area contributed by atoms with Gasteiger partial charge < -0.3 is 35.2 Å². The molecule has 0 aliphatic carbocycles. The van der Waals surface area contributed by atoms with Crippen LogP contribution in [0, 0.1) is 0 Å². The molecule has 1 aliphatic rings. The van der Waals surface area contributed by atoms with Crippen molar-refractivity contribution in [1.29, 1.82) is 0 Å². The molecule has 9 heteroatoms. The number of esters is 1. The number of aliphatic hydroxyl groups excluding tert-OH is 4. The first-order valence-electron chi connectivity index (χ1n) is 8.15. The van der Waals surface area contributed by atoms with Gasteiger partial charge in [0.1, 0.15) is 37.1 Å². The molecule has 0 bridgehead atoms. The zero-order chi connectivity index (χ0) is 19.3. The van der Waals surface area contributed by atoms with Crippen molar-refractivity contribution >= 4 is 11.9 Å². The first-order chi connectivity index (χ1) is 12.3. The summed E-state index contributed by atoms with van der Waals surface area (Å²) in [5.41, 5.74) is 0.811. The second kappa shape index (κ2) is 9.06. The normalized spacial score (nSPS) is 29.7. The van der Waals surface area contributed by atoms with Gasteiger partial charge in [-0.1, -0.05) is 30.3 Å². The number of ether oxygens (including phenoxy) is 2. The monoisotopic (exact) mass is 369 g/mol. The highest BCUT2D eigenvalue weighted by molar-refractivity contribution is 5.83. The molecule has 1 fully saturated rings. The minimum Gasteiger partial charge on any atom is -0.461 e. The maximum absolute atomic E-state index is 12.3. The predicted molar refractivity (Wildman–Crippen MR) is 87.6 cm³/mol. The summed E-state index contributed by atoms with van der Waals surface area (Å²) < 4.78 is 10.0. The Bertz CT molecular complexity index is 610. The van der Waals surface area contributed by atoms with Gasteiger partial charge in [-0.05, 0) is 5.56 Å². The van der Waals surface area contributed by atoms with Crippen LogP contribution in [0.1, 0.15) is 12.5 Å². The lowest BCUT2D eigenvalue weighted by Crippen LogP contribution is -2.59. The Hall–Kier alpha value is -2.04. The number of aliphatic hydroxyl groups is 4. The third-order valence-electron chi connectivity index (χ3n) is 4.02. The van der Waals surface area contributed by atoms with Crippen LogP contribution in [0.5, 0.6) is 0 Å². The van der Waals surface area contributed by atoms with Gasteiger partial charge >= 0.3 is 5.97 Å². The molecule has 2 rings (SSSR count). The van der Waals surface area contributed by atoms with Crippen molar-refractivity contribution in [2.45, 2.75) is 50.1 Å². The molecular weight excluding hydrogens is 346 g/mol. The van der Waals surface area contributed by atoms with Gasteiger partial charge in [-0.25, -0.2) is 4.79 Å². The quantitative estimate of drug-likeness (QED) is 0.365. The van der Waals surface area contributed by atoms with E-state index in [1.807, 2.05) is 6.07 Å². The maximum Gasteiger partial charge on any atom is 0.329 e. The zero-order valence-corrected chi connectivity index (χ0v) is 14.2. The van der Waals surface area contributed by atoms with Crippen LogP contribution in [0.25, 0.3) is 0 Å². The second-order valence-corrected chi connectivity index (χ2v) is 6.11. The van der Waals surface area contributed by atoms with Crippen molar-refractivity contribution in [2.75, 3.05) is 6.61 Å². The first-order valence-corrected chi connectivity index (χ1v) is 8.15. The van der Waals surface area contributed by atoms with Gasteiger partial charge in [0.15, 0.2) is 6.29 Å². The van der Waals surface area contributed by atoms with Crippen LogP contribution in [0.15, 0.2) is 30.3 Å². The number of carbonyl (C=O) groups excluding carboxylic acids is 2. The van der Waals surface area contributed by atoms with E-state index in [1.165, 1.54) is 6.92 Å². The number of amides is 1. The number of hydrogen-bond acceptors (Lipinski definition) is 8. The summed E-state index contributed by atoms with van der Waals surface area (Å²) in [7, 11) is 0. The van der Waals surface area contributed by atoms with Crippen LogP contribution >= 0.6 is 0 Å². The smallest absolute Gasteiger partial charge is 0.329 e. The van der Waals surface area contributed by atoms with Gasteiger partial charge in [0.25, 0.3) is 0 Å². The van der Waals surface area contributed by atoms with Crippen LogP contribution in [0.4, 0.5) is 0 Å². The standard InChI is InChI=1S/C17H23NO8/c1-9(19)18-11(7-10-5-3-2-4-6-10)16(23)25-8-12-13(20)14(21)15(22)17(24)26-12/h2-6,11-15,17,20-22,24H,7-8H2,1H3,(H,18,19)/t11-,12+,13+,14-,15-,17?/m0/s1. The van der Waals surface area contributed by atoms with Crippen LogP contribution in [0.3, 0.4) is 0 Å². The van der Waals surface area contributed by atoms with E-state index < -0.39 is 55.2 Å². The molecular formula is C17H23NO8. The molecule has 0 radical (unpaired) electrons. The van der Waals surface area contributed by atoms with Crippen LogP contribution in [-0.2, 0) is 25.5 Å². The average molecular weight is 369 g/mol. The minimum absolute atomic E-state index is 0.206. The Morgan fingerprint density at radius 2 is 1.77 bits per heavy atom. The van der Waals surface area contributed by atoms with Crippen molar-refractivity contribution in [3.8, 4) is 0 Å². The van der Waals surface area contributed by atoms with Crippen molar-refractivity contribution in [2.24, 2.45) is 0 Å². The third kappa shape index (κ3) is 5.23. The second-order valence-electron chi connectivity index (χ2n) is 6.11. The molecule has 0 spiro atoms. The van der Waals surface area contributed by atoms with Crippen molar-refractivity contribution in [3.05, 3.63) is 35.9 Å². The average Bonchev–Trinajstić information content (AvgIpc) is 2.61. The Kier molecular flexibility index (Phi) is 7.06. The molecule has 6 atom stereocenters. The third-order valence-corrected chi connectivity index (χ3v) is 4.02. The molecule has 9 nitrogen and oxygen atoms in total. The van der Waals surface area contributed by atoms with E-state index in [9.17, 15) is 30.0 Å². The molecule has 144 valence electrons. The zero-order valence-electron chi connectivity index (χ0n) is 14.2.